The van der Waals surface area contributed by atoms with Crippen molar-refractivity contribution < 1.29 is 9.53 Å². The molecule has 4 heteroatoms. The molecule has 0 fully saturated rings. The summed E-state index contributed by atoms with van der Waals surface area (Å²) in [6.07, 6.45) is 0.955. The molecule has 1 amide bonds. The number of ether oxygens (including phenoxy) is 1. The van der Waals surface area contributed by atoms with Crippen molar-refractivity contribution in [3.63, 3.8) is 0 Å². The molecule has 0 aliphatic rings. The molecule has 1 N–H and O–H groups in total. The van der Waals surface area contributed by atoms with Gasteiger partial charge in [-0.2, -0.15) is 5.10 Å². The van der Waals surface area contributed by atoms with E-state index in [-0.39, 0.29) is 12.0 Å². The molecule has 1 aromatic rings. The number of carbonyl (C=O) groups is 1. The Hall–Kier alpha value is -1.84. The largest absolute Gasteiger partial charge is 0.491 e. The van der Waals surface area contributed by atoms with Crippen molar-refractivity contribution in [2.45, 2.75) is 47.1 Å². The number of benzene rings is 1. The maximum absolute atomic E-state index is 12.0. The standard InChI is InChI=1S/C16H24N2O2/c1-6-15(11(2)3)17-18-16(19)13-7-9-14(10-8-13)20-12(4)5/h7-12H,6H2,1-5H3,(H,18,19)/b17-15-. The first kappa shape index (κ1) is 16.2. The van der Waals surface area contributed by atoms with Gasteiger partial charge in [-0.15, -0.1) is 0 Å². The second-order valence-electron chi connectivity index (χ2n) is 5.24. The van der Waals surface area contributed by atoms with E-state index in [0.29, 0.717) is 11.5 Å². The number of amides is 1. The highest BCUT2D eigenvalue weighted by Gasteiger charge is 2.07. The zero-order chi connectivity index (χ0) is 15.1. The fraction of sp³-hybridized carbons (Fsp3) is 0.500. The van der Waals surface area contributed by atoms with Crippen LogP contribution in [0.2, 0.25) is 0 Å². The second-order valence-corrected chi connectivity index (χ2v) is 5.24. The van der Waals surface area contributed by atoms with Gasteiger partial charge in [0.25, 0.3) is 5.91 Å². The SMILES string of the molecule is CC/C(=N/NC(=O)c1ccc(OC(C)C)cc1)C(C)C. The minimum atomic E-state index is -0.201. The van der Waals surface area contributed by atoms with Crippen LogP contribution in [0.1, 0.15) is 51.4 Å². The molecule has 0 aromatic heterocycles. The van der Waals surface area contributed by atoms with Crippen molar-refractivity contribution in [3.05, 3.63) is 29.8 Å². The van der Waals surface area contributed by atoms with E-state index in [9.17, 15) is 4.79 Å². The quantitative estimate of drug-likeness (QED) is 0.637. The highest BCUT2D eigenvalue weighted by molar-refractivity contribution is 5.95. The molecule has 20 heavy (non-hydrogen) atoms. The fourth-order valence-electron chi connectivity index (χ4n) is 1.76. The molecule has 0 atom stereocenters. The molecule has 0 saturated carbocycles. The van der Waals surface area contributed by atoms with E-state index in [2.05, 4.69) is 24.4 Å². The van der Waals surface area contributed by atoms with Crippen LogP contribution in [-0.2, 0) is 0 Å². The van der Waals surface area contributed by atoms with Gasteiger partial charge in [-0.3, -0.25) is 4.79 Å². The molecular formula is C16H24N2O2. The van der Waals surface area contributed by atoms with Crippen molar-refractivity contribution >= 4 is 11.6 Å². The summed E-state index contributed by atoms with van der Waals surface area (Å²) in [4.78, 5) is 12.0. The fourth-order valence-corrected chi connectivity index (χ4v) is 1.76. The number of nitrogens with one attached hydrogen (secondary N) is 1. The van der Waals surface area contributed by atoms with Crippen molar-refractivity contribution in [2.75, 3.05) is 0 Å². The van der Waals surface area contributed by atoms with Crippen LogP contribution in [0.5, 0.6) is 5.75 Å². The van der Waals surface area contributed by atoms with Crippen molar-refractivity contribution in [1.82, 2.24) is 5.43 Å². The van der Waals surface area contributed by atoms with Crippen LogP contribution < -0.4 is 10.2 Å². The number of carbonyl (C=O) groups excluding carboxylic acids is 1. The summed E-state index contributed by atoms with van der Waals surface area (Å²) in [7, 11) is 0. The minimum absolute atomic E-state index is 0.123. The zero-order valence-electron chi connectivity index (χ0n) is 12.9. The molecule has 1 aromatic carbocycles. The van der Waals surface area contributed by atoms with E-state index in [1.807, 2.05) is 20.8 Å². The van der Waals surface area contributed by atoms with Crippen LogP contribution in [0.3, 0.4) is 0 Å². The average Bonchev–Trinajstić information content (AvgIpc) is 2.39. The van der Waals surface area contributed by atoms with Gasteiger partial charge >= 0.3 is 0 Å². The molecule has 0 radical (unpaired) electrons. The second kappa shape index (κ2) is 7.68. The lowest BCUT2D eigenvalue weighted by Gasteiger charge is -2.10. The molecular weight excluding hydrogens is 252 g/mol. The van der Waals surface area contributed by atoms with Crippen LogP contribution in [-0.4, -0.2) is 17.7 Å². The lowest BCUT2D eigenvalue weighted by atomic mass is 10.1. The maximum Gasteiger partial charge on any atom is 0.271 e. The number of hydrogen-bond acceptors (Lipinski definition) is 3. The first-order valence-electron chi connectivity index (χ1n) is 7.07. The Kier molecular flexibility index (Phi) is 6.22. The molecule has 110 valence electrons. The van der Waals surface area contributed by atoms with Gasteiger partial charge in [-0.25, -0.2) is 5.43 Å². The predicted molar refractivity (Wildman–Crippen MR) is 82.2 cm³/mol. The molecule has 0 unspecified atom stereocenters. The van der Waals surface area contributed by atoms with Crippen LogP contribution in [0, 0.1) is 5.92 Å². The van der Waals surface area contributed by atoms with Crippen LogP contribution in [0.4, 0.5) is 0 Å². The number of hydrogen-bond donors (Lipinski definition) is 1. The van der Waals surface area contributed by atoms with E-state index < -0.39 is 0 Å². The third-order valence-corrected chi connectivity index (χ3v) is 2.82. The first-order valence-corrected chi connectivity index (χ1v) is 7.07. The van der Waals surface area contributed by atoms with Crippen LogP contribution in [0.15, 0.2) is 29.4 Å². The van der Waals surface area contributed by atoms with E-state index in [0.717, 1.165) is 17.9 Å². The summed E-state index contributed by atoms with van der Waals surface area (Å²) >= 11 is 0. The van der Waals surface area contributed by atoms with E-state index in [1.54, 1.807) is 24.3 Å². The van der Waals surface area contributed by atoms with Crippen LogP contribution >= 0.6 is 0 Å². The predicted octanol–water partition coefficient (Wildman–Crippen LogP) is 3.63. The smallest absolute Gasteiger partial charge is 0.271 e. The van der Waals surface area contributed by atoms with E-state index >= 15 is 0 Å². The first-order chi connectivity index (χ1) is 9.43. The molecule has 1 rings (SSSR count). The number of hydrazone groups is 1. The molecule has 4 nitrogen and oxygen atoms in total. The van der Waals surface area contributed by atoms with Gasteiger partial charge in [0.15, 0.2) is 0 Å². The number of rotatable bonds is 6. The summed E-state index contributed by atoms with van der Waals surface area (Å²) in [5.41, 5.74) is 4.16. The minimum Gasteiger partial charge on any atom is -0.491 e. The van der Waals surface area contributed by atoms with Crippen molar-refractivity contribution in [1.29, 1.82) is 0 Å². The van der Waals surface area contributed by atoms with Gasteiger partial charge in [0, 0.05) is 11.3 Å². The summed E-state index contributed by atoms with van der Waals surface area (Å²) in [5.74, 6) is 0.895. The molecule has 0 saturated heterocycles. The van der Waals surface area contributed by atoms with Gasteiger partial charge in [0.05, 0.1) is 6.10 Å². The van der Waals surface area contributed by atoms with E-state index in [1.165, 1.54) is 0 Å². The lowest BCUT2D eigenvalue weighted by molar-refractivity contribution is 0.0954. The summed E-state index contributed by atoms with van der Waals surface area (Å²) in [6.45, 7) is 10.1. The Bertz CT molecular complexity index is 462. The number of nitrogens with zero attached hydrogens (tertiary/aromatic N) is 1. The zero-order valence-corrected chi connectivity index (χ0v) is 12.9. The third-order valence-electron chi connectivity index (χ3n) is 2.82. The topological polar surface area (TPSA) is 50.7 Å². The Morgan fingerprint density at radius 1 is 1.20 bits per heavy atom. The molecule has 0 aliphatic heterocycles. The Labute approximate surface area is 121 Å². The van der Waals surface area contributed by atoms with Gasteiger partial charge in [-0.1, -0.05) is 20.8 Å². The van der Waals surface area contributed by atoms with Gasteiger partial charge < -0.3 is 4.74 Å². The average molecular weight is 276 g/mol. The highest BCUT2D eigenvalue weighted by atomic mass is 16.5. The summed E-state index contributed by atoms with van der Waals surface area (Å²) in [6, 6.07) is 7.07. The lowest BCUT2D eigenvalue weighted by Crippen LogP contribution is -2.21. The van der Waals surface area contributed by atoms with Gasteiger partial charge in [0.2, 0.25) is 0 Å². The van der Waals surface area contributed by atoms with Crippen molar-refractivity contribution in [2.24, 2.45) is 11.0 Å². The Morgan fingerprint density at radius 3 is 2.25 bits per heavy atom. The van der Waals surface area contributed by atoms with Gasteiger partial charge in [-0.05, 0) is 50.5 Å². The third kappa shape index (κ3) is 5.03. The molecule has 0 bridgehead atoms. The maximum atomic E-state index is 12.0. The molecule has 0 heterocycles. The Balaban J connectivity index is 2.68. The molecule has 0 spiro atoms. The van der Waals surface area contributed by atoms with Crippen molar-refractivity contribution in [3.8, 4) is 5.75 Å². The summed E-state index contributed by atoms with van der Waals surface area (Å²) in [5, 5.41) is 4.17. The Morgan fingerprint density at radius 2 is 1.80 bits per heavy atom. The summed E-state index contributed by atoms with van der Waals surface area (Å²) < 4.78 is 5.54. The van der Waals surface area contributed by atoms with E-state index in [4.69, 9.17) is 4.74 Å². The highest BCUT2D eigenvalue weighted by Crippen LogP contribution is 2.13. The van der Waals surface area contributed by atoms with Crippen LogP contribution in [0.25, 0.3) is 0 Å². The van der Waals surface area contributed by atoms with Gasteiger partial charge in [0.1, 0.15) is 5.75 Å². The normalized spacial score (nSPS) is 11.8. The molecule has 0 aliphatic carbocycles. The monoisotopic (exact) mass is 276 g/mol.